The van der Waals surface area contributed by atoms with Gasteiger partial charge in [-0.25, -0.2) is 4.79 Å². The van der Waals surface area contributed by atoms with E-state index in [0.29, 0.717) is 5.56 Å². The van der Waals surface area contributed by atoms with Gasteiger partial charge < -0.3 is 14.8 Å². The molecule has 1 aromatic rings. The van der Waals surface area contributed by atoms with Crippen LogP contribution < -0.4 is 5.32 Å². The van der Waals surface area contributed by atoms with Crippen molar-refractivity contribution < 1.29 is 23.9 Å². The van der Waals surface area contributed by atoms with Gasteiger partial charge in [0.05, 0.1) is 20.6 Å². The average molecular weight is 266 g/mol. The summed E-state index contributed by atoms with van der Waals surface area (Å²) in [5.74, 6) is -1.83. The van der Waals surface area contributed by atoms with Crippen molar-refractivity contribution in [3.05, 3.63) is 30.1 Å². The molecule has 102 valence electrons. The van der Waals surface area contributed by atoms with Crippen LogP contribution in [-0.2, 0) is 19.1 Å². The molecule has 0 aliphatic heterocycles. The van der Waals surface area contributed by atoms with Crippen LogP contribution in [0.15, 0.2) is 24.5 Å². The lowest BCUT2D eigenvalue weighted by Gasteiger charge is -2.15. The maximum atomic E-state index is 11.8. The highest BCUT2D eigenvalue weighted by Gasteiger charge is 2.25. The van der Waals surface area contributed by atoms with Gasteiger partial charge in [0.25, 0.3) is 5.91 Å². The van der Waals surface area contributed by atoms with Gasteiger partial charge in [-0.05, 0) is 12.1 Å². The monoisotopic (exact) mass is 266 g/mol. The van der Waals surface area contributed by atoms with Crippen LogP contribution in [0.25, 0.3) is 0 Å². The van der Waals surface area contributed by atoms with Crippen molar-refractivity contribution in [1.82, 2.24) is 10.3 Å². The van der Waals surface area contributed by atoms with Crippen LogP contribution in [-0.4, -0.2) is 43.1 Å². The minimum atomic E-state index is -1.09. The lowest BCUT2D eigenvalue weighted by atomic mass is 10.2. The summed E-state index contributed by atoms with van der Waals surface area (Å²) in [5, 5.41) is 2.41. The van der Waals surface area contributed by atoms with Crippen LogP contribution in [0.2, 0.25) is 0 Å². The summed E-state index contributed by atoms with van der Waals surface area (Å²) in [5.41, 5.74) is 0.328. The Bertz CT molecular complexity index is 460. The first-order valence-electron chi connectivity index (χ1n) is 5.44. The number of carbonyl (C=O) groups excluding carboxylic acids is 3. The van der Waals surface area contributed by atoms with E-state index in [2.05, 4.69) is 19.8 Å². The molecule has 1 heterocycles. The predicted octanol–water partition coefficient (Wildman–Crippen LogP) is -0.0839. The van der Waals surface area contributed by atoms with Crippen LogP contribution in [0.3, 0.4) is 0 Å². The normalized spacial score (nSPS) is 11.3. The van der Waals surface area contributed by atoms with E-state index >= 15 is 0 Å². The SMILES string of the molecule is COC(=O)C[C@H](NC(=O)c1ccncc1)C(=O)OC. The van der Waals surface area contributed by atoms with Gasteiger partial charge >= 0.3 is 11.9 Å². The van der Waals surface area contributed by atoms with Gasteiger partial charge in [0.2, 0.25) is 0 Å². The lowest BCUT2D eigenvalue weighted by Crippen LogP contribution is -2.43. The smallest absolute Gasteiger partial charge is 0.328 e. The van der Waals surface area contributed by atoms with Crippen LogP contribution >= 0.6 is 0 Å². The summed E-state index contributed by atoms with van der Waals surface area (Å²) in [6.07, 6.45) is 2.60. The molecule has 1 N–H and O–H groups in total. The minimum Gasteiger partial charge on any atom is -0.469 e. The molecule has 0 aliphatic rings. The zero-order chi connectivity index (χ0) is 14.3. The molecule has 7 heteroatoms. The van der Waals surface area contributed by atoms with Crippen molar-refractivity contribution in [3.63, 3.8) is 0 Å². The predicted molar refractivity (Wildman–Crippen MR) is 64.1 cm³/mol. The van der Waals surface area contributed by atoms with Gasteiger partial charge in [0.1, 0.15) is 6.04 Å². The molecule has 0 unspecified atom stereocenters. The summed E-state index contributed by atoms with van der Waals surface area (Å²) in [6, 6.07) is 1.89. The second-order valence-electron chi connectivity index (χ2n) is 3.57. The highest BCUT2D eigenvalue weighted by molar-refractivity contribution is 5.97. The van der Waals surface area contributed by atoms with Crippen molar-refractivity contribution in [2.24, 2.45) is 0 Å². The molecule has 0 spiro atoms. The number of aromatic nitrogens is 1. The van der Waals surface area contributed by atoms with E-state index < -0.39 is 23.9 Å². The van der Waals surface area contributed by atoms with Gasteiger partial charge in [-0.3, -0.25) is 14.6 Å². The molecule has 1 amide bonds. The highest BCUT2D eigenvalue weighted by Crippen LogP contribution is 2.02. The van der Waals surface area contributed by atoms with E-state index in [1.165, 1.54) is 38.7 Å². The topological polar surface area (TPSA) is 94.6 Å². The van der Waals surface area contributed by atoms with Gasteiger partial charge in [-0.1, -0.05) is 0 Å². The second-order valence-corrected chi connectivity index (χ2v) is 3.57. The Hall–Kier alpha value is -2.44. The molecule has 0 fully saturated rings. The van der Waals surface area contributed by atoms with Gasteiger partial charge in [-0.15, -0.1) is 0 Å². The molecule has 19 heavy (non-hydrogen) atoms. The zero-order valence-corrected chi connectivity index (χ0v) is 10.6. The number of esters is 2. The Morgan fingerprint density at radius 1 is 1.21 bits per heavy atom. The summed E-state index contributed by atoms with van der Waals surface area (Å²) < 4.78 is 8.98. The van der Waals surface area contributed by atoms with E-state index in [9.17, 15) is 14.4 Å². The highest BCUT2D eigenvalue weighted by atomic mass is 16.5. The molecule has 1 rings (SSSR count). The summed E-state index contributed by atoms with van der Waals surface area (Å²) in [4.78, 5) is 38.3. The molecule has 0 bridgehead atoms. The van der Waals surface area contributed by atoms with Crippen LogP contribution in [0.4, 0.5) is 0 Å². The second kappa shape index (κ2) is 7.10. The fourth-order valence-electron chi connectivity index (χ4n) is 1.33. The van der Waals surface area contributed by atoms with Crippen molar-refractivity contribution in [1.29, 1.82) is 0 Å². The first-order valence-corrected chi connectivity index (χ1v) is 5.44. The van der Waals surface area contributed by atoms with E-state index in [1.54, 1.807) is 0 Å². The lowest BCUT2D eigenvalue weighted by molar-refractivity contribution is -0.149. The molecule has 7 nitrogen and oxygen atoms in total. The maximum absolute atomic E-state index is 11.8. The summed E-state index contributed by atoms with van der Waals surface area (Å²) >= 11 is 0. The molecule has 0 aliphatic carbocycles. The van der Waals surface area contributed by atoms with Crippen LogP contribution in [0.1, 0.15) is 16.8 Å². The fourth-order valence-corrected chi connectivity index (χ4v) is 1.33. The Morgan fingerprint density at radius 3 is 2.37 bits per heavy atom. The molecule has 0 saturated carbocycles. The number of methoxy groups -OCH3 is 2. The van der Waals surface area contributed by atoms with Gasteiger partial charge in [0.15, 0.2) is 0 Å². The van der Waals surface area contributed by atoms with E-state index in [-0.39, 0.29) is 6.42 Å². The van der Waals surface area contributed by atoms with Crippen LogP contribution in [0, 0.1) is 0 Å². The molecule has 0 radical (unpaired) electrons. The fraction of sp³-hybridized carbons (Fsp3) is 0.333. The van der Waals surface area contributed by atoms with Gasteiger partial charge in [0, 0.05) is 18.0 Å². The average Bonchev–Trinajstić information content (AvgIpc) is 2.46. The number of pyridine rings is 1. The third-order valence-corrected chi connectivity index (χ3v) is 2.33. The number of nitrogens with one attached hydrogen (secondary N) is 1. The first-order chi connectivity index (χ1) is 9.08. The molecule has 0 saturated heterocycles. The number of hydrogen-bond donors (Lipinski definition) is 1. The molecule has 0 aromatic carbocycles. The number of ether oxygens (including phenoxy) is 2. The van der Waals surface area contributed by atoms with E-state index in [0.717, 1.165) is 0 Å². The van der Waals surface area contributed by atoms with Gasteiger partial charge in [-0.2, -0.15) is 0 Å². The Kier molecular flexibility index (Phi) is 5.46. The van der Waals surface area contributed by atoms with E-state index in [4.69, 9.17) is 0 Å². The van der Waals surface area contributed by atoms with E-state index in [1.807, 2.05) is 0 Å². The third-order valence-electron chi connectivity index (χ3n) is 2.33. The Labute approximate surface area is 109 Å². The largest absolute Gasteiger partial charge is 0.469 e. The molecule has 1 aromatic heterocycles. The first kappa shape index (κ1) is 14.6. The number of carbonyl (C=O) groups is 3. The van der Waals surface area contributed by atoms with Crippen molar-refractivity contribution in [3.8, 4) is 0 Å². The van der Waals surface area contributed by atoms with Crippen LogP contribution in [0.5, 0.6) is 0 Å². The number of amides is 1. The molecular weight excluding hydrogens is 252 g/mol. The third kappa shape index (κ3) is 4.38. The van der Waals surface area contributed by atoms with Crippen molar-refractivity contribution in [2.75, 3.05) is 14.2 Å². The number of nitrogens with zero attached hydrogens (tertiary/aromatic N) is 1. The Morgan fingerprint density at radius 2 is 1.84 bits per heavy atom. The minimum absolute atomic E-state index is 0.292. The van der Waals surface area contributed by atoms with Crippen molar-refractivity contribution in [2.45, 2.75) is 12.5 Å². The molecule has 1 atom stereocenters. The maximum Gasteiger partial charge on any atom is 0.328 e. The quantitative estimate of drug-likeness (QED) is 0.749. The standard InChI is InChI=1S/C12H14N2O5/c1-18-10(15)7-9(12(17)19-2)14-11(16)8-3-5-13-6-4-8/h3-6,9H,7H2,1-2H3,(H,14,16)/t9-/m0/s1. The number of rotatable bonds is 5. The van der Waals surface area contributed by atoms with Crippen molar-refractivity contribution >= 4 is 17.8 Å². The zero-order valence-electron chi connectivity index (χ0n) is 10.6. The summed E-state index contributed by atoms with van der Waals surface area (Å²) in [6.45, 7) is 0. The molecular formula is C12H14N2O5. The number of hydrogen-bond acceptors (Lipinski definition) is 6. The summed E-state index contributed by atoms with van der Waals surface area (Å²) in [7, 11) is 2.37. The Balaban J connectivity index is 2.74.